The van der Waals surface area contributed by atoms with Gasteiger partial charge in [0.2, 0.25) is 0 Å². The first kappa shape index (κ1) is 19.1. The van der Waals surface area contributed by atoms with E-state index in [0.29, 0.717) is 0 Å². The van der Waals surface area contributed by atoms with Gasteiger partial charge < -0.3 is 0 Å². The topological polar surface area (TPSA) is 0 Å². The number of rotatable bonds is 2. The fourth-order valence-corrected chi connectivity index (χ4v) is 3.20. The summed E-state index contributed by atoms with van der Waals surface area (Å²) < 4.78 is 0. The molecule has 4 rings (SSSR count). The smallest absolute Gasteiger partial charge is 0.0152 e. The van der Waals surface area contributed by atoms with Gasteiger partial charge in [-0.05, 0) is 45.5 Å². The van der Waals surface area contributed by atoms with Crippen molar-refractivity contribution >= 4 is 35.0 Å². The van der Waals surface area contributed by atoms with Gasteiger partial charge in [-0.3, -0.25) is 0 Å². The van der Waals surface area contributed by atoms with Crippen molar-refractivity contribution in [1.29, 1.82) is 0 Å². The van der Waals surface area contributed by atoms with Crippen LogP contribution < -0.4 is 0 Å². The van der Waals surface area contributed by atoms with E-state index in [-0.39, 0.29) is 13.5 Å². The summed E-state index contributed by atoms with van der Waals surface area (Å²) in [6.45, 7) is 4.39. The molecule has 0 saturated carbocycles. The van der Waals surface area contributed by atoms with Crippen LogP contribution in [0.4, 0.5) is 0 Å². The molecule has 0 atom stereocenters. The lowest BCUT2D eigenvalue weighted by molar-refractivity contribution is 1.16. The maximum atomic E-state index is 2.20. The molecule has 0 radical (unpaired) electrons. The van der Waals surface area contributed by atoms with Gasteiger partial charge in [0.25, 0.3) is 0 Å². The first-order chi connectivity index (χ1) is 11.8. The fraction of sp³-hybridized carbons (Fsp3) is 0.167. The quantitative estimate of drug-likeness (QED) is 0.369. The van der Waals surface area contributed by atoms with Crippen molar-refractivity contribution in [3.05, 3.63) is 96.1 Å². The zero-order valence-corrected chi connectivity index (χ0v) is 16.0. The van der Waals surface area contributed by atoms with E-state index < -0.39 is 0 Å². The van der Waals surface area contributed by atoms with Crippen molar-refractivity contribution in [1.82, 2.24) is 0 Å². The molecule has 0 N–H and O–H groups in total. The molecule has 1 heteroatoms. The molecule has 0 aliphatic rings. The molecule has 4 aromatic carbocycles. The van der Waals surface area contributed by atoms with Crippen molar-refractivity contribution in [2.45, 2.75) is 26.7 Å². The first-order valence-electron chi connectivity index (χ1n) is 8.76. The van der Waals surface area contributed by atoms with Crippen molar-refractivity contribution in [3.8, 4) is 0 Å². The number of hydrogen-bond acceptors (Lipinski definition) is 0. The lowest BCUT2D eigenvalue weighted by Gasteiger charge is -2.02. The molecule has 0 saturated heterocycles. The van der Waals surface area contributed by atoms with Gasteiger partial charge in [-0.2, -0.15) is 13.5 Å². The number of aryl methyl sites for hydroxylation is 2. The van der Waals surface area contributed by atoms with Gasteiger partial charge >= 0.3 is 0 Å². The SMILES string of the molecule is CCc1cccc2ccccc12.CCc1cccc2ccccc12.S. The Bertz CT molecular complexity index is 851. The van der Waals surface area contributed by atoms with Crippen molar-refractivity contribution in [2.24, 2.45) is 0 Å². The summed E-state index contributed by atoms with van der Waals surface area (Å²) in [5.41, 5.74) is 2.88. The van der Waals surface area contributed by atoms with Crippen LogP contribution in [0.15, 0.2) is 84.9 Å². The van der Waals surface area contributed by atoms with Gasteiger partial charge in [-0.1, -0.05) is 98.8 Å². The third kappa shape index (κ3) is 4.43. The third-order valence-corrected chi connectivity index (χ3v) is 4.52. The molecule has 0 aliphatic carbocycles. The summed E-state index contributed by atoms with van der Waals surface area (Å²) in [7, 11) is 0. The van der Waals surface area contributed by atoms with Crippen LogP contribution >= 0.6 is 13.5 Å². The predicted octanol–water partition coefficient (Wildman–Crippen LogP) is 6.92. The van der Waals surface area contributed by atoms with Gasteiger partial charge in [-0.15, -0.1) is 0 Å². The van der Waals surface area contributed by atoms with Gasteiger partial charge in [0.15, 0.2) is 0 Å². The minimum atomic E-state index is 0. The van der Waals surface area contributed by atoms with Gasteiger partial charge in [0.05, 0.1) is 0 Å². The standard InChI is InChI=1S/2C12H12.H2S/c2*1-2-10-7-5-8-11-6-3-4-9-12(10)11;/h2*3-9H,2H2,1H3;1H2. The van der Waals surface area contributed by atoms with Crippen LogP contribution in [-0.4, -0.2) is 0 Å². The second-order valence-corrected chi connectivity index (χ2v) is 5.98. The van der Waals surface area contributed by atoms with E-state index in [1.165, 1.54) is 32.7 Å². The highest BCUT2D eigenvalue weighted by Gasteiger charge is 1.96. The van der Waals surface area contributed by atoms with Crippen molar-refractivity contribution < 1.29 is 0 Å². The van der Waals surface area contributed by atoms with E-state index in [2.05, 4.69) is 98.8 Å². The zero-order chi connectivity index (χ0) is 16.8. The van der Waals surface area contributed by atoms with E-state index in [9.17, 15) is 0 Å². The van der Waals surface area contributed by atoms with Crippen molar-refractivity contribution in [3.63, 3.8) is 0 Å². The summed E-state index contributed by atoms with van der Waals surface area (Å²) in [6.07, 6.45) is 2.22. The largest absolute Gasteiger partial charge is 0.197 e. The van der Waals surface area contributed by atoms with Crippen LogP contribution in [0, 0.1) is 0 Å². The molecule has 128 valence electrons. The molecule has 0 aliphatic heterocycles. The van der Waals surface area contributed by atoms with Crippen LogP contribution in [0.3, 0.4) is 0 Å². The van der Waals surface area contributed by atoms with E-state index in [1.54, 1.807) is 0 Å². The van der Waals surface area contributed by atoms with Gasteiger partial charge in [0, 0.05) is 0 Å². The maximum Gasteiger partial charge on any atom is -0.0152 e. The Morgan fingerprint density at radius 2 is 0.840 bits per heavy atom. The van der Waals surface area contributed by atoms with Gasteiger partial charge in [0.1, 0.15) is 0 Å². The molecule has 0 bridgehead atoms. The van der Waals surface area contributed by atoms with Crippen LogP contribution in [0.25, 0.3) is 21.5 Å². The fourth-order valence-electron chi connectivity index (χ4n) is 3.20. The minimum Gasteiger partial charge on any atom is -0.197 e. The summed E-state index contributed by atoms with van der Waals surface area (Å²) >= 11 is 0. The highest BCUT2D eigenvalue weighted by atomic mass is 32.1. The second-order valence-electron chi connectivity index (χ2n) is 5.98. The zero-order valence-electron chi connectivity index (χ0n) is 15.0. The molecule has 0 fully saturated rings. The summed E-state index contributed by atoms with van der Waals surface area (Å²) in [5, 5.41) is 5.47. The molecule has 0 nitrogen and oxygen atoms in total. The first-order valence-corrected chi connectivity index (χ1v) is 8.76. The van der Waals surface area contributed by atoms with E-state index in [4.69, 9.17) is 0 Å². The molecule has 0 unspecified atom stereocenters. The van der Waals surface area contributed by atoms with E-state index in [1.807, 2.05) is 0 Å². The molecular weight excluding hydrogens is 320 g/mol. The average molecular weight is 347 g/mol. The Morgan fingerprint density at radius 1 is 0.480 bits per heavy atom. The molecule has 0 heterocycles. The average Bonchev–Trinajstić information content (AvgIpc) is 2.67. The summed E-state index contributed by atoms with van der Waals surface area (Å²) in [6, 6.07) is 30.0. The number of hydrogen-bond donors (Lipinski definition) is 0. The Balaban J connectivity index is 0.000000173. The van der Waals surface area contributed by atoms with E-state index in [0.717, 1.165) is 12.8 Å². The highest BCUT2D eigenvalue weighted by Crippen LogP contribution is 2.19. The third-order valence-electron chi connectivity index (χ3n) is 4.52. The lowest BCUT2D eigenvalue weighted by atomic mass is 10.0. The normalized spacial score (nSPS) is 10.0. The molecule has 4 aromatic rings. The van der Waals surface area contributed by atoms with E-state index >= 15 is 0 Å². The molecule has 0 spiro atoms. The molecule has 0 amide bonds. The Labute approximate surface area is 158 Å². The van der Waals surface area contributed by atoms with Crippen LogP contribution in [-0.2, 0) is 12.8 Å². The summed E-state index contributed by atoms with van der Waals surface area (Å²) in [5.74, 6) is 0. The molecular formula is C24H26S. The summed E-state index contributed by atoms with van der Waals surface area (Å²) in [4.78, 5) is 0. The number of fused-ring (bicyclic) bond motifs is 2. The number of benzene rings is 4. The minimum absolute atomic E-state index is 0. The highest BCUT2D eigenvalue weighted by molar-refractivity contribution is 7.59. The van der Waals surface area contributed by atoms with Crippen LogP contribution in [0.5, 0.6) is 0 Å². The van der Waals surface area contributed by atoms with Crippen LogP contribution in [0.2, 0.25) is 0 Å². The monoisotopic (exact) mass is 346 g/mol. The predicted molar refractivity (Wildman–Crippen MR) is 117 cm³/mol. The van der Waals surface area contributed by atoms with Crippen molar-refractivity contribution in [2.75, 3.05) is 0 Å². The Morgan fingerprint density at radius 3 is 1.24 bits per heavy atom. The van der Waals surface area contributed by atoms with Gasteiger partial charge in [-0.25, -0.2) is 0 Å². The molecule has 0 aromatic heterocycles. The Kier molecular flexibility index (Phi) is 7.09. The lowest BCUT2D eigenvalue weighted by Crippen LogP contribution is -1.81. The Hall–Kier alpha value is -2.25. The molecule has 25 heavy (non-hydrogen) atoms. The maximum absolute atomic E-state index is 2.20. The second kappa shape index (κ2) is 9.29. The van der Waals surface area contributed by atoms with Crippen LogP contribution in [0.1, 0.15) is 25.0 Å².